The highest BCUT2D eigenvalue weighted by Gasteiger charge is 2.23. The zero-order chi connectivity index (χ0) is 12.2. The van der Waals surface area contributed by atoms with Gasteiger partial charge in [-0.15, -0.1) is 6.42 Å². The maximum Gasteiger partial charge on any atom is 0.0768 e. The second kappa shape index (κ2) is 5.52. The molecule has 0 heterocycles. The van der Waals surface area contributed by atoms with E-state index < -0.39 is 0 Å². The Balaban J connectivity index is 2.88. The monoisotopic (exact) mass is 279 g/mol. The summed E-state index contributed by atoms with van der Waals surface area (Å²) in [5.41, 5.74) is 1.07. The van der Waals surface area contributed by atoms with Crippen LogP contribution in [-0.4, -0.2) is 17.0 Å². The minimum atomic E-state index is -0.204. The first-order chi connectivity index (χ1) is 7.51. The lowest BCUT2D eigenvalue weighted by atomic mass is 10.0. The molecule has 0 aliphatic rings. The summed E-state index contributed by atoms with van der Waals surface area (Å²) >= 11 is 3.56. The van der Waals surface area contributed by atoms with Crippen LogP contribution in [0.1, 0.15) is 26.3 Å². The SMILES string of the molecule is C#CC(C)(C)N(CC)Cc1ccccc1Br. The van der Waals surface area contributed by atoms with Crippen molar-refractivity contribution in [2.45, 2.75) is 32.9 Å². The maximum atomic E-state index is 5.57. The molecule has 1 aromatic carbocycles. The molecule has 0 N–H and O–H groups in total. The third kappa shape index (κ3) is 3.10. The van der Waals surface area contributed by atoms with Crippen LogP contribution in [0.4, 0.5) is 0 Å². The molecule has 2 heteroatoms. The molecule has 0 saturated carbocycles. The van der Waals surface area contributed by atoms with Crippen molar-refractivity contribution in [3.05, 3.63) is 34.3 Å². The van der Waals surface area contributed by atoms with Crippen LogP contribution >= 0.6 is 15.9 Å². The van der Waals surface area contributed by atoms with Crippen LogP contribution in [0.25, 0.3) is 0 Å². The predicted molar refractivity (Wildman–Crippen MR) is 73.1 cm³/mol. The summed E-state index contributed by atoms with van der Waals surface area (Å²) < 4.78 is 1.14. The van der Waals surface area contributed by atoms with E-state index >= 15 is 0 Å². The number of hydrogen-bond donors (Lipinski definition) is 0. The van der Waals surface area contributed by atoms with E-state index in [4.69, 9.17) is 6.42 Å². The van der Waals surface area contributed by atoms with Gasteiger partial charge in [0, 0.05) is 11.0 Å². The van der Waals surface area contributed by atoms with Crippen LogP contribution in [0.15, 0.2) is 28.7 Å². The fourth-order valence-corrected chi connectivity index (χ4v) is 2.04. The van der Waals surface area contributed by atoms with Crippen molar-refractivity contribution in [1.82, 2.24) is 4.90 Å². The molecular weight excluding hydrogens is 262 g/mol. The molecule has 0 aromatic heterocycles. The zero-order valence-corrected chi connectivity index (χ0v) is 11.7. The summed E-state index contributed by atoms with van der Waals surface area (Å²) in [7, 11) is 0. The zero-order valence-electron chi connectivity index (χ0n) is 10.1. The standard InChI is InChI=1S/C14H18BrN/c1-5-14(3,4)16(6-2)11-12-9-7-8-10-13(12)15/h1,7-10H,6,11H2,2-4H3. The van der Waals surface area contributed by atoms with E-state index in [1.54, 1.807) is 0 Å². The minimum Gasteiger partial charge on any atom is -0.284 e. The number of hydrogen-bond acceptors (Lipinski definition) is 1. The van der Waals surface area contributed by atoms with E-state index in [-0.39, 0.29) is 5.54 Å². The van der Waals surface area contributed by atoms with Crippen molar-refractivity contribution >= 4 is 15.9 Å². The first-order valence-electron chi connectivity index (χ1n) is 5.47. The van der Waals surface area contributed by atoms with E-state index in [9.17, 15) is 0 Å². The van der Waals surface area contributed by atoms with Crippen LogP contribution in [0.3, 0.4) is 0 Å². The molecule has 0 radical (unpaired) electrons. The van der Waals surface area contributed by atoms with Crippen LogP contribution < -0.4 is 0 Å². The Labute approximate surface area is 107 Å². The van der Waals surface area contributed by atoms with Crippen molar-refractivity contribution in [3.63, 3.8) is 0 Å². The Morgan fingerprint density at radius 3 is 2.50 bits per heavy atom. The molecule has 16 heavy (non-hydrogen) atoms. The highest BCUT2D eigenvalue weighted by Crippen LogP contribution is 2.22. The summed E-state index contributed by atoms with van der Waals surface area (Å²) in [6, 6.07) is 8.26. The summed E-state index contributed by atoms with van der Waals surface area (Å²) in [5.74, 6) is 2.84. The van der Waals surface area contributed by atoms with Gasteiger partial charge in [0.2, 0.25) is 0 Å². The molecule has 0 atom stereocenters. The Morgan fingerprint density at radius 1 is 1.38 bits per heavy atom. The number of benzene rings is 1. The van der Waals surface area contributed by atoms with Crippen LogP contribution in [0, 0.1) is 12.3 Å². The minimum absolute atomic E-state index is 0.204. The van der Waals surface area contributed by atoms with Crippen LogP contribution in [0.5, 0.6) is 0 Å². The highest BCUT2D eigenvalue weighted by atomic mass is 79.9. The first-order valence-corrected chi connectivity index (χ1v) is 6.26. The van der Waals surface area contributed by atoms with Crippen LogP contribution in [-0.2, 0) is 6.54 Å². The molecule has 0 fully saturated rings. The third-order valence-corrected chi connectivity index (χ3v) is 3.62. The Bertz CT molecular complexity index is 390. The average molecular weight is 280 g/mol. The summed E-state index contributed by atoms with van der Waals surface area (Å²) in [4.78, 5) is 2.28. The van der Waals surface area contributed by atoms with Gasteiger partial charge in [-0.1, -0.05) is 47.0 Å². The van der Waals surface area contributed by atoms with Crippen molar-refractivity contribution in [3.8, 4) is 12.3 Å². The Morgan fingerprint density at radius 2 is 2.00 bits per heavy atom. The highest BCUT2D eigenvalue weighted by molar-refractivity contribution is 9.10. The van der Waals surface area contributed by atoms with E-state index in [0.717, 1.165) is 17.6 Å². The van der Waals surface area contributed by atoms with Gasteiger partial charge in [-0.25, -0.2) is 0 Å². The lowest BCUT2D eigenvalue weighted by Gasteiger charge is -2.33. The molecular formula is C14H18BrN. The molecule has 1 rings (SSSR count). The number of nitrogens with zero attached hydrogens (tertiary/aromatic N) is 1. The molecule has 86 valence electrons. The first kappa shape index (κ1) is 13.3. The van der Waals surface area contributed by atoms with Crippen molar-refractivity contribution in [2.75, 3.05) is 6.54 Å². The molecule has 1 nitrogen and oxygen atoms in total. The lowest BCUT2D eigenvalue weighted by Crippen LogP contribution is -2.42. The lowest BCUT2D eigenvalue weighted by molar-refractivity contribution is 0.170. The smallest absolute Gasteiger partial charge is 0.0768 e. The molecule has 1 aromatic rings. The van der Waals surface area contributed by atoms with Crippen molar-refractivity contribution in [1.29, 1.82) is 0 Å². The van der Waals surface area contributed by atoms with Gasteiger partial charge in [0.05, 0.1) is 5.54 Å². The molecule has 0 amide bonds. The van der Waals surface area contributed by atoms with Gasteiger partial charge in [-0.05, 0) is 32.0 Å². The topological polar surface area (TPSA) is 3.24 Å². The van der Waals surface area contributed by atoms with E-state index in [1.807, 2.05) is 6.07 Å². The molecule has 0 unspecified atom stereocenters. The maximum absolute atomic E-state index is 5.57. The fourth-order valence-electron chi connectivity index (χ4n) is 1.63. The van der Waals surface area contributed by atoms with Crippen molar-refractivity contribution < 1.29 is 0 Å². The second-order valence-electron chi connectivity index (χ2n) is 4.31. The third-order valence-electron chi connectivity index (χ3n) is 2.84. The predicted octanol–water partition coefficient (Wildman–Crippen LogP) is 3.68. The van der Waals surface area contributed by atoms with Crippen LogP contribution in [0.2, 0.25) is 0 Å². The molecule has 0 spiro atoms. The summed E-state index contributed by atoms with van der Waals surface area (Å²) in [6.45, 7) is 8.10. The number of halogens is 1. The fraction of sp³-hybridized carbons (Fsp3) is 0.429. The van der Waals surface area contributed by atoms with Gasteiger partial charge in [-0.2, -0.15) is 0 Å². The Hall–Kier alpha value is -0.780. The summed E-state index contributed by atoms with van der Waals surface area (Å²) in [5, 5.41) is 0. The van der Waals surface area contributed by atoms with E-state index in [1.165, 1.54) is 5.56 Å². The van der Waals surface area contributed by atoms with E-state index in [2.05, 4.69) is 65.7 Å². The molecule has 0 aliphatic heterocycles. The van der Waals surface area contributed by atoms with Gasteiger partial charge < -0.3 is 0 Å². The van der Waals surface area contributed by atoms with Gasteiger partial charge in [0.25, 0.3) is 0 Å². The molecule has 0 aliphatic carbocycles. The Kier molecular flexibility index (Phi) is 4.58. The largest absolute Gasteiger partial charge is 0.284 e. The van der Waals surface area contributed by atoms with E-state index in [0.29, 0.717) is 0 Å². The molecule has 0 bridgehead atoms. The average Bonchev–Trinajstić information content (AvgIpc) is 2.27. The second-order valence-corrected chi connectivity index (χ2v) is 5.16. The van der Waals surface area contributed by atoms with Gasteiger partial charge in [0.1, 0.15) is 0 Å². The number of terminal acetylenes is 1. The van der Waals surface area contributed by atoms with Gasteiger partial charge in [-0.3, -0.25) is 4.90 Å². The normalized spacial score (nSPS) is 11.5. The number of rotatable bonds is 4. The molecule has 0 saturated heterocycles. The van der Waals surface area contributed by atoms with Gasteiger partial charge in [0.15, 0.2) is 0 Å². The quantitative estimate of drug-likeness (QED) is 0.760. The van der Waals surface area contributed by atoms with Gasteiger partial charge >= 0.3 is 0 Å². The summed E-state index contributed by atoms with van der Waals surface area (Å²) in [6.07, 6.45) is 5.57. The van der Waals surface area contributed by atoms with Crippen molar-refractivity contribution in [2.24, 2.45) is 0 Å².